The molecule has 0 spiro atoms. The fourth-order valence-corrected chi connectivity index (χ4v) is 2.65. The summed E-state index contributed by atoms with van der Waals surface area (Å²) in [4.78, 5) is 19.5. The molecule has 1 aromatic heterocycles. The molecule has 1 amide bonds. The number of aliphatic imine (C=N–C) groups is 1. The minimum Gasteiger partial charge on any atom is -0.370 e. The average Bonchev–Trinajstić information content (AvgIpc) is 2.60. The first kappa shape index (κ1) is 17.4. The predicted octanol–water partition coefficient (Wildman–Crippen LogP) is 3.06. The van der Waals surface area contributed by atoms with Gasteiger partial charge in [0.15, 0.2) is 5.96 Å². The van der Waals surface area contributed by atoms with E-state index in [1.807, 2.05) is 0 Å². The van der Waals surface area contributed by atoms with E-state index in [0.29, 0.717) is 5.39 Å². The van der Waals surface area contributed by atoms with Crippen molar-refractivity contribution in [3.8, 4) is 11.3 Å². The third-order valence-electron chi connectivity index (χ3n) is 3.79. The summed E-state index contributed by atoms with van der Waals surface area (Å²) in [6.45, 7) is -0.829. The molecule has 0 saturated heterocycles. The molecule has 0 fully saturated rings. The number of fused-ring (bicyclic) bond motifs is 1. The molecule has 3 aromatic rings. The summed E-state index contributed by atoms with van der Waals surface area (Å²) in [5.74, 6) is -2.82. The SMILES string of the molecule is NC(N)=NC(=O)c1ccc2c(CF)cnc(-c3c(F)cccc3F)c2c1. The molecular weight excluding hydrogens is 345 g/mol. The van der Waals surface area contributed by atoms with Gasteiger partial charge in [0, 0.05) is 22.7 Å². The second-order valence-electron chi connectivity index (χ2n) is 5.46. The smallest absolute Gasteiger partial charge is 0.280 e. The summed E-state index contributed by atoms with van der Waals surface area (Å²) >= 11 is 0. The Balaban J connectivity index is 2.33. The van der Waals surface area contributed by atoms with Crippen LogP contribution in [0.2, 0.25) is 0 Å². The number of hydrogen-bond donors (Lipinski definition) is 2. The van der Waals surface area contributed by atoms with E-state index in [0.717, 1.165) is 12.1 Å². The van der Waals surface area contributed by atoms with Gasteiger partial charge in [-0.2, -0.15) is 4.99 Å². The van der Waals surface area contributed by atoms with Crippen LogP contribution in [0.3, 0.4) is 0 Å². The zero-order valence-electron chi connectivity index (χ0n) is 13.3. The van der Waals surface area contributed by atoms with E-state index in [1.165, 1.54) is 30.5 Å². The van der Waals surface area contributed by atoms with Gasteiger partial charge in [0.2, 0.25) is 0 Å². The number of benzene rings is 2. The average molecular weight is 358 g/mol. The van der Waals surface area contributed by atoms with Gasteiger partial charge in [-0.15, -0.1) is 0 Å². The summed E-state index contributed by atoms with van der Waals surface area (Å²) in [5, 5.41) is 0.585. The number of rotatable bonds is 3. The minimum absolute atomic E-state index is 0.0489. The molecule has 2 aromatic carbocycles. The van der Waals surface area contributed by atoms with Gasteiger partial charge >= 0.3 is 0 Å². The number of nitrogens with two attached hydrogens (primary N) is 2. The first-order chi connectivity index (χ1) is 12.4. The van der Waals surface area contributed by atoms with Gasteiger partial charge in [0.1, 0.15) is 18.3 Å². The molecule has 3 rings (SSSR count). The first-order valence-corrected chi connectivity index (χ1v) is 7.48. The molecule has 0 unspecified atom stereocenters. The van der Waals surface area contributed by atoms with Gasteiger partial charge < -0.3 is 11.5 Å². The Hall–Kier alpha value is -3.42. The standard InChI is InChI=1S/C18H13F3N4O/c19-7-10-8-24-16(15-13(20)2-1-3-14(15)21)12-6-9(4-5-11(10)12)17(26)25-18(22)23/h1-6,8H,7H2,(H4,22,23,25,26). The highest BCUT2D eigenvalue weighted by Crippen LogP contribution is 2.33. The third kappa shape index (κ3) is 3.08. The maximum atomic E-state index is 14.2. The molecule has 0 radical (unpaired) electrons. The zero-order chi connectivity index (χ0) is 18.8. The van der Waals surface area contributed by atoms with Crippen molar-refractivity contribution in [2.45, 2.75) is 6.67 Å². The Morgan fingerprint density at radius 2 is 1.77 bits per heavy atom. The second-order valence-corrected chi connectivity index (χ2v) is 5.46. The van der Waals surface area contributed by atoms with Crippen molar-refractivity contribution in [3.63, 3.8) is 0 Å². The number of carbonyl (C=O) groups excluding carboxylic acids is 1. The van der Waals surface area contributed by atoms with Crippen LogP contribution in [0.25, 0.3) is 22.0 Å². The molecule has 26 heavy (non-hydrogen) atoms. The summed E-state index contributed by atoms with van der Waals surface area (Å²) in [6.07, 6.45) is 1.21. The normalized spacial score (nSPS) is 10.7. The van der Waals surface area contributed by atoms with Crippen molar-refractivity contribution >= 4 is 22.6 Å². The van der Waals surface area contributed by atoms with Crippen LogP contribution in [0.4, 0.5) is 13.2 Å². The number of aromatic nitrogens is 1. The number of carbonyl (C=O) groups is 1. The van der Waals surface area contributed by atoms with E-state index in [-0.39, 0.29) is 27.8 Å². The third-order valence-corrected chi connectivity index (χ3v) is 3.79. The van der Waals surface area contributed by atoms with Crippen LogP contribution in [-0.4, -0.2) is 16.9 Å². The first-order valence-electron chi connectivity index (χ1n) is 7.48. The van der Waals surface area contributed by atoms with E-state index in [1.54, 1.807) is 0 Å². The Morgan fingerprint density at radius 1 is 1.08 bits per heavy atom. The van der Waals surface area contributed by atoms with Gasteiger partial charge in [-0.1, -0.05) is 12.1 Å². The minimum atomic E-state index is -0.829. The van der Waals surface area contributed by atoms with Gasteiger partial charge in [-0.3, -0.25) is 9.78 Å². The number of hydrogen-bond acceptors (Lipinski definition) is 2. The summed E-state index contributed by atoms with van der Waals surface area (Å²) in [7, 11) is 0. The monoisotopic (exact) mass is 358 g/mol. The van der Waals surface area contributed by atoms with E-state index in [4.69, 9.17) is 11.5 Å². The van der Waals surface area contributed by atoms with Gasteiger partial charge in [0.25, 0.3) is 5.91 Å². The highest BCUT2D eigenvalue weighted by atomic mass is 19.1. The summed E-state index contributed by atoms with van der Waals surface area (Å²) < 4.78 is 41.7. The Bertz CT molecular complexity index is 1030. The summed E-state index contributed by atoms with van der Waals surface area (Å²) in [5.41, 5.74) is 10.3. The van der Waals surface area contributed by atoms with Crippen LogP contribution in [0.1, 0.15) is 15.9 Å². The maximum absolute atomic E-state index is 14.2. The lowest BCUT2D eigenvalue weighted by atomic mass is 9.98. The van der Waals surface area contributed by atoms with Crippen molar-refractivity contribution in [1.29, 1.82) is 0 Å². The topological polar surface area (TPSA) is 94.4 Å². The number of guanidine groups is 1. The molecule has 8 heteroatoms. The van der Waals surface area contributed by atoms with Crippen LogP contribution in [0.15, 0.2) is 47.6 Å². The van der Waals surface area contributed by atoms with Crippen molar-refractivity contribution < 1.29 is 18.0 Å². The quantitative estimate of drug-likeness (QED) is 0.556. The molecule has 5 nitrogen and oxygen atoms in total. The number of pyridine rings is 1. The number of halogens is 3. The molecule has 132 valence electrons. The Labute approximate surface area is 146 Å². The molecule has 0 saturated carbocycles. The van der Waals surface area contributed by atoms with Crippen molar-refractivity contribution in [1.82, 2.24) is 4.98 Å². The lowest BCUT2D eigenvalue weighted by molar-refractivity contribution is 0.100. The largest absolute Gasteiger partial charge is 0.370 e. The van der Waals surface area contributed by atoms with Crippen molar-refractivity contribution in [2.24, 2.45) is 16.5 Å². The molecule has 0 atom stereocenters. The highest BCUT2D eigenvalue weighted by molar-refractivity contribution is 6.06. The van der Waals surface area contributed by atoms with Gasteiger partial charge in [-0.05, 0) is 29.7 Å². The van der Waals surface area contributed by atoms with E-state index >= 15 is 0 Å². The number of alkyl halides is 1. The van der Waals surface area contributed by atoms with E-state index in [9.17, 15) is 18.0 Å². The maximum Gasteiger partial charge on any atom is 0.280 e. The number of nitrogens with zero attached hydrogens (tertiary/aromatic N) is 2. The lowest BCUT2D eigenvalue weighted by Gasteiger charge is -2.11. The van der Waals surface area contributed by atoms with Crippen LogP contribution in [0.5, 0.6) is 0 Å². The fourth-order valence-electron chi connectivity index (χ4n) is 2.65. The molecule has 0 aliphatic heterocycles. The molecular formula is C18H13F3N4O. The molecule has 0 aliphatic rings. The predicted molar refractivity (Wildman–Crippen MR) is 92.0 cm³/mol. The highest BCUT2D eigenvalue weighted by Gasteiger charge is 2.18. The number of amides is 1. The molecule has 0 bridgehead atoms. The van der Waals surface area contributed by atoms with Crippen LogP contribution in [-0.2, 0) is 6.67 Å². The second kappa shape index (κ2) is 6.83. The molecule has 0 aliphatic carbocycles. The van der Waals surface area contributed by atoms with Crippen molar-refractivity contribution in [3.05, 3.63) is 65.4 Å². The van der Waals surface area contributed by atoms with Crippen LogP contribution < -0.4 is 11.5 Å². The van der Waals surface area contributed by atoms with E-state index < -0.39 is 30.2 Å². The van der Waals surface area contributed by atoms with E-state index in [2.05, 4.69) is 9.98 Å². The fraction of sp³-hybridized carbons (Fsp3) is 0.0556. The Morgan fingerprint density at radius 3 is 2.38 bits per heavy atom. The van der Waals surface area contributed by atoms with Crippen LogP contribution >= 0.6 is 0 Å². The zero-order valence-corrected chi connectivity index (χ0v) is 13.3. The lowest BCUT2D eigenvalue weighted by Crippen LogP contribution is -2.24. The van der Waals surface area contributed by atoms with Gasteiger partial charge in [0.05, 0.1) is 11.3 Å². The Kier molecular flexibility index (Phi) is 4.57. The van der Waals surface area contributed by atoms with Gasteiger partial charge in [-0.25, -0.2) is 13.2 Å². The molecule has 4 N–H and O–H groups in total. The van der Waals surface area contributed by atoms with Crippen LogP contribution in [0, 0.1) is 11.6 Å². The van der Waals surface area contributed by atoms with Crippen molar-refractivity contribution in [2.75, 3.05) is 0 Å². The summed E-state index contributed by atoms with van der Waals surface area (Å²) in [6, 6.07) is 7.59. The molecule has 1 heterocycles.